The smallest absolute Gasteiger partial charge is 0.320 e. The van der Waals surface area contributed by atoms with Gasteiger partial charge in [-0.15, -0.1) is 5.54 Å². The molecule has 6 heterocycles. The number of nitrogens with zero attached hydrogens (tertiary/aromatic N) is 9. The molecule has 9 rings (SSSR count). The highest BCUT2D eigenvalue weighted by Crippen LogP contribution is 2.44. The van der Waals surface area contributed by atoms with Gasteiger partial charge >= 0.3 is 6.01 Å². The molecule has 0 bridgehead atoms. The maximum absolute atomic E-state index is 16.5. The van der Waals surface area contributed by atoms with Crippen LogP contribution in [0.4, 0.5) is 14.6 Å². The quantitative estimate of drug-likeness (QED) is 0.0458. The van der Waals surface area contributed by atoms with E-state index < -0.39 is 31.4 Å². The zero-order chi connectivity index (χ0) is 48.2. The number of ether oxygens (including phenoxy) is 3. The first-order valence-electron chi connectivity index (χ1n) is 24.4. The molecule has 3 aromatic heterocycles. The van der Waals surface area contributed by atoms with Gasteiger partial charge in [-0.05, 0) is 91.3 Å². The first kappa shape index (κ1) is 47.6. The maximum Gasteiger partial charge on any atom is 0.320 e. The molecule has 5 aromatic rings. The molecule has 2 aromatic carbocycles. The topological polar surface area (TPSA) is 133 Å². The number of imidazole rings is 1. The minimum Gasteiger partial charge on any atom is -0.468 e. The summed E-state index contributed by atoms with van der Waals surface area (Å²) in [5.41, 5.74) is 6.58. The van der Waals surface area contributed by atoms with E-state index in [-0.39, 0.29) is 54.0 Å². The van der Waals surface area contributed by atoms with E-state index in [1.54, 1.807) is 32.3 Å². The predicted molar refractivity (Wildman–Crippen MR) is 260 cm³/mol. The Labute approximate surface area is 398 Å². The lowest BCUT2D eigenvalue weighted by Crippen LogP contribution is -2.43. The first-order chi connectivity index (χ1) is 32.5. The largest absolute Gasteiger partial charge is 0.468 e. The van der Waals surface area contributed by atoms with Gasteiger partial charge in [0.15, 0.2) is 29.8 Å². The average molecular weight is 950 g/mol. The third-order valence-electron chi connectivity index (χ3n) is 15.2. The van der Waals surface area contributed by atoms with Crippen LogP contribution in [0.2, 0.25) is 16.6 Å². The SMILES string of the molecule is COCOc1cc(C(=O)c2nc3nc(OC[C@@]45CCCN4C[C@H](F)C5)nc(N4CCCn5nc(C(=O)N(C)C)cc5C4)c3n2C2CCC2)c2c(C#C[Si](C(C)C)(C(C)C)C(C)C)c(F)ccc2c1. The van der Waals surface area contributed by atoms with Crippen LogP contribution in [0.25, 0.3) is 21.9 Å². The molecule has 0 unspecified atom stereocenters. The number of hydrogen-bond acceptors (Lipinski definition) is 11. The molecule has 68 heavy (non-hydrogen) atoms. The Kier molecular flexibility index (Phi) is 13.2. The maximum atomic E-state index is 16.5. The van der Waals surface area contributed by atoms with Crippen molar-refractivity contribution in [3.05, 3.63) is 64.5 Å². The van der Waals surface area contributed by atoms with Crippen molar-refractivity contribution in [3.63, 3.8) is 0 Å². The molecule has 2 saturated heterocycles. The van der Waals surface area contributed by atoms with Gasteiger partial charge in [0.2, 0.25) is 5.78 Å². The molecule has 1 aliphatic carbocycles. The molecule has 4 aliphatic rings. The fourth-order valence-corrected chi connectivity index (χ4v) is 16.9. The van der Waals surface area contributed by atoms with Crippen molar-refractivity contribution in [1.82, 2.24) is 39.1 Å². The summed E-state index contributed by atoms with van der Waals surface area (Å²) < 4.78 is 53.2. The number of benzene rings is 2. The van der Waals surface area contributed by atoms with Crippen LogP contribution in [0.5, 0.6) is 11.8 Å². The lowest BCUT2D eigenvalue weighted by molar-refractivity contribution is 0.0511. The molecule has 0 radical (unpaired) electrons. The average Bonchev–Trinajstić information content (AvgIpc) is 4.01. The predicted octanol–water partition coefficient (Wildman–Crippen LogP) is 8.89. The Morgan fingerprint density at radius 1 is 0.956 bits per heavy atom. The zero-order valence-electron chi connectivity index (χ0n) is 41.0. The van der Waals surface area contributed by atoms with Crippen molar-refractivity contribution in [2.24, 2.45) is 0 Å². The van der Waals surface area contributed by atoms with E-state index in [1.807, 2.05) is 15.3 Å². The number of methoxy groups -OCH3 is 1. The minimum atomic E-state index is -2.34. The zero-order valence-corrected chi connectivity index (χ0v) is 42.0. The molecular weight excluding hydrogens is 885 g/mol. The number of aromatic nitrogens is 6. The summed E-state index contributed by atoms with van der Waals surface area (Å²) in [7, 11) is 2.60. The van der Waals surface area contributed by atoms with Gasteiger partial charge in [-0.25, -0.2) is 13.8 Å². The standard InChI is InChI=1S/C51H65F2N9O5Si/c1-31(2)68(32(3)4,33(5)6)22-17-39-41(53)16-15-34-23-38(67-30-65-9)25-40(43(34)39)45(63)48-54-46-44(62(48)36-13-10-14-36)47(56-50(55-46)66-29-51-18-11-20-60(51)27-35(52)26-51)59-19-12-21-61-37(28-59)24-42(57-61)49(64)58(7)8/h15-16,23-25,31-33,35-36H,10-14,18-21,26-30H2,1-9H3/t35-,51+/m1/s1. The van der Waals surface area contributed by atoms with Crippen molar-refractivity contribution in [1.29, 1.82) is 0 Å². The van der Waals surface area contributed by atoms with Crippen molar-refractivity contribution >= 4 is 47.5 Å². The monoisotopic (exact) mass is 949 g/mol. The van der Waals surface area contributed by atoms with Crippen LogP contribution in [0.1, 0.15) is 130 Å². The second-order valence-corrected chi connectivity index (χ2v) is 26.1. The van der Waals surface area contributed by atoms with Gasteiger partial charge in [-0.3, -0.25) is 19.2 Å². The summed E-state index contributed by atoms with van der Waals surface area (Å²) >= 11 is 0. The summed E-state index contributed by atoms with van der Waals surface area (Å²) in [5.74, 6) is 3.28. The molecule has 17 heteroatoms. The number of anilines is 1. The number of halogens is 2. The van der Waals surface area contributed by atoms with Crippen LogP contribution in [-0.4, -0.2) is 125 Å². The summed E-state index contributed by atoms with van der Waals surface area (Å²) in [6.07, 6.45) is 4.45. The normalized spacial score (nSPS) is 19.9. The molecule has 14 nitrogen and oxygen atoms in total. The van der Waals surface area contributed by atoms with Gasteiger partial charge in [0.25, 0.3) is 5.91 Å². The lowest BCUT2D eigenvalue weighted by Gasteiger charge is -2.38. The molecule has 1 saturated carbocycles. The summed E-state index contributed by atoms with van der Waals surface area (Å²) in [5, 5.41) is 5.67. The summed E-state index contributed by atoms with van der Waals surface area (Å²) in [6.45, 7) is 16.2. The molecule has 0 spiro atoms. The summed E-state index contributed by atoms with van der Waals surface area (Å²) in [6, 6.07) is 8.32. The van der Waals surface area contributed by atoms with Crippen LogP contribution in [0.15, 0.2) is 30.3 Å². The molecule has 3 fully saturated rings. The highest BCUT2D eigenvalue weighted by molar-refractivity contribution is 6.90. The number of aryl methyl sites for hydroxylation is 1. The van der Waals surface area contributed by atoms with Gasteiger partial charge in [0, 0.05) is 64.3 Å². The van der Waals surface area contributed by atoms with Crippen LogP contribution >= 0.6 is 0 Å². The molecule has 362 valence electrons. The number of carbonyl (C=O) groups excluding carboxylic acids is 2. The third kappa shape index (κ3) is 8.44. The van der Waals surface area contributed by atoms with E-state index in [1.165, 1.54) is 18.1 Å². The number of amides is 1. The number of rotatable bonds is 14. The number of carbonyl (C=O) groups is 2. The fourth-order valence-electron chi connectivity index (χ4n) is 11.7. The molecule has 3 aliphatic heterocycles. The lowest BCUT2D eigenvalue weighted by atomic mass is 9.91. The van der Waals surface area contributed by atoms with E-state index >= 15 is 9.18 Å². The van der Waals surface area contributed by atoms with Crippen molar-refractivity contribution < 1.29 is 32.6 Å². The van der Waals surface area contributed by atoms with E-state index in [0.29, 0.717) is 89.2 Å². The van der Waals surface area contributed by atoms with Gasteiger partial charge in [0.1, 0.15) is 37.9 Å². The van der Waals surface area contributed by atoms with Crippen molar-refractivity contribution in [2.45, 2.75) is 134 Å². The third-order valence-corrected chi connectivity index (χ3v) is 21.5. The fraction of sp³-hybridized carbons (Fsp3) is 0.569. The number of hydrogen-bond donors (Lipinski definition) is 0. The second kappa shape index (κ2) is 18.8. The first-order valence-corrected chi connectivity index (χ1v) is 26.6. The van der Waals surface area contributed by atoms with Crippen molar-refractivity contribution in [2.75, 3.05) is 59.1 Å². The summed E-state index contributed by atoms with van der Waals surface area (Å²) in [4.78, 5) is 49.9. The van der Waals surface area contributed by atoms with E-state index in [2.05, 4.69) is 67.9 Å². The molecule has 1 amide bonds. The van der Waals surface area contributed by atoms with Gasteiger partial charge in [-0.2, -0.15) is 15.1 Å². The van der Waals surface area contributed by atoms with Gasteiger partial charge in [0.05, 0.1) is 23.3 Å². The number of ketones is 1. The Hall–Kier alpha value is -5.44. The van der Waals surface area contributed by atoms with E-state index in [9.17, 15) is 9.18 Å². The molecule has 0 N–H and O–H groups in total. The Bertz CT molecular complexity index is 2790. The van der Waals surface area contributed by atoms with Gasteiger partial charge < -0.3 is 28.6 Å². The van der Waals surface area contributed by atoms with Gasteiger partial charge in [-0.1, -0.05) is 53.5 Å². The van der Waals surface area contributed by atoms with Crippen LogP contribution in [0, 0.1) is 17.3 Å². The molecule has 2 atom stereocenters. The molecular formula is C51H65F2N9O5Si. The van der Waals surface area contributed by atoms with Crippen LogP contribution < -0.4 is 14.4 Å². The Morgan fingerprint density at radius 3 is 2.41 bits per heavy atom. The second-order valence-electron chi connectivity index (χ2n) is 20.5. The van der Waals surface area contributed by atoms with Crippen LogP contribution in [0.3, 0.4) is 0 Å². The van der Waals surface area contributed by atoms with Crippen LogP contribution in [-0.2, 0) is 17.8 Å². The minimum absolute atomic E-state index is 0.0643. The Morgan fingerprint density at radius 2 is 1.72 bits per heavy atom. The number of fused-ring (bicyclic) bond motifs is 4. The Balaban J connectivity index is 1.23. The number of alkyl halides is 1. The van der Waals surface area contributed by atoms with E-state index in [0.717, 1.165) is 44.3 Å². The van der Waals surface area contributed by atoms with E-state index in [4.69, 9.17) is 29.2 Å². The highest BCUT2D eigenvalue weighted by Gasteiger charge is 2.49. The highest BCUT2D eigenvalue weighted by atomic mass is 28.3. The van der Waals surface area contributed by atoms with Crippen molar-refractivity contribution in [3.8, 4) is 23.2 Å².